The maximum Gasteiger partial charge on any atom is 0.498 e. The molecule has 0 N–H and O–H groups in total. The van der Waals surface area contributed by atoms with E-state index in [-0.39, 0.29) is 11.2 Å². The molecular weight excluding hydrogens is 307 g/mol. The van der Waals surface area contributed by atoms with Crippen molar-refractivity contribution in [3.8, 4) is 0 Å². The van der Waals surface area contributed by atoms with Crippen molar-refractivity contribution < 1.29 is 9.31 Å². The molecule has 0 radical (unpaired) electrons. The van der Waals surface area contributed by atoms with Gasteiger partial charge in [-0.05, 0) is 27.7 Å². The molecule has 8 nitrogen and oxygen atoms in total. The van der Waals surface area contributed by atoms with Gasteiger partial charge in [-0.1, -0.05) is 0 Å². The van der Waals surface area contributed by atoms with Crippen molar-refractivity contribution in [3.63, 3.8) is 0 Å². The first-order chi connectivity index (χ1) is 11.4. The SMILES string of the molecule is CC1(C)OB(c2cnc(N3CCn4cnnc4C3)nc2)OC1(C)C. The molecule has 0 saturated carbocycles. The normalized spacial score (nSPS) is 21.8. The van der Waals surface area contributed by atoms with Crippen molar-refractivity contribution in [3.05, 3.63) is 24.5 Å². The first-order valence-corrected chi connectivity index (χ1v) is 8.15. The van der Waals surface area contributed by atoms with Gasteiger partial charge in [-0.15, -0.1) is 10.2 Å². The fraction of sp³-hybridized carbons (Fsp3) is 0.600. The monoisotopic (exact) mass is 328 g/mol. The lowest BCUT2D eigenvalue weighted by atomic mass is 9.81. The molecule has 24 heavy (non-hydrogen) atoms. The van der Waals surface area contributed by atoms with Crippen molar-refractivity contribution in [2.24, 2.45) is 0 Å². The van der Waals surface area contributed by atoms with Crippen molar-refractivity contribution in [2.45, 2.75) is 52.0 Å². The summed E-state index contributed by atoms with van der Waals surface area (Å²) in [5.74, 6) is 1.62. The van der Waals surface area contributed by atoms with E-state index in [1.165, 1.54) is 0 Å². The Morgan fingerprint density at radius 3 is 2.38 bits per heavy atom. The summed E-state index contributed by atoms with van der Waals surface area (Å²) in [5, 5.41) is 8.06. The average Bonchev–Trinajstić information content (AvgIpc) is 3.09. The van der Waals surface area contributed by atoms with Gasteiger partial charge >= 0.3 is 7.12 Å². The van der Waals surface area contributed by atoms with Gasteiger partial charge in [0.1, 0.15) is 6.33 Å². The smallest absolute Gasteiger partial charge is 0.399 e. The predicted octanol–water partition coefficient (Wildman–Crippen LogP) is 0.387. The summed E-state index contributed by atoms with van der Waals surface area (Å²) in [6, 6.07) is 0. The molecule has 1 saturated heterocycles. The second kappa shape index (κ2) is 5.25. The lowest BCUT2D eigenvalue weighted by Gasteiger charge is -2.32. The van der Waals surface area contributed by atoms with Crippen LogP contribution in [0.15, 0.2) is 18.7 Å². The van der Waals surface area contributed by atoms with Gasteiger partial charge in [0.05, 0.1) is 17.7 Å². The molecule has 126 valence electrons. The molecule has 2 aromatic heterocycles. The number of aromatic nitrogens is 5. The summed E-state index contributed by atoms with van der Waals surface area (Å²) in [6.07, 6.45) is 5.32. The second-order valence-electron chi connectivity index (χ2n) is 7.27. The third-order valence-corrected chi connectivity index (χ3v) is 5.11. The zero-order valence-corrected chi connectivity index (χ0v) is 14.4. The Kier molecular flexibility index (Phi) is 3.40. The highest BCUT2D eigenvalue weighted by Crippen LogP contribution is 2.36. The van der Waals surface area contributed by atoms with E-state index in [2.05, 4.69) is 29.6 Å². The van der Waals surface area contributed by atoms with Crippen LogP contribution in [0.2, 0.25) is 0 Å². The molecule has 4 heterocycles. The number of rotatable bonds is 2. The van der Waals surface area contributed by atoms with Crippen LogP contribution < -0.4 is 10.4 Å². The molecule has 0 amide bonds. The number of fused-ring (bicyclic) bond motifs is 1. The van der Waals surface area contributed by atoms with Gasteiger partial charge in [0.2, 0.25) is 5.95 Å². The zero-order chi connectivity index (χ0) is 16.9. The maximum atomic E-state index is 6.03. The van der Waals surface area contributed by atoms with E-state index in [4.69, 9.17) is 9.31 Å². The molecule has 0 spiro atoms. The van der Waals surface area contributed by atoms with Gasteiger partial charge in [0, 0.05) is 30.9 Å². The van der Waals surface area contributed by atoms with Crippen LogP contribution in [-0.4, -0.2) is 49.6 Å². The molecule has 0 unspecified atom stereocenters. The molecule has 0 atom stereocenters. The molecule has 2 aliphatic rings. The van der Waals surface area contributed by atoms with Crippen LogP contribution in [0.3, 0.4) is 0 Å². The number of nitrogens with zero attached hydrogens (tertiary/aromatic N) is 6. The minimum absolute atomic E-state index is 0.368. The maximum absolute atomic E-state index is 6.03. The Hall–Kier alpha value is -2.00. The standard InChI is InChI=1S/C15H21BN6O2/c1-14(2)15(3,4)24-16(23-14)11-7-17-13(18-8-11)21-5-6-22-10-19-20-12(22)9-21/h7-8,10H,5-6,9H2,1-4H3. The van der Waals surface area contributed by atoms with E-state index in [0.717, 1.165) is 24.4 Å². The van der Waals surface area contributed by atoms with Crippen LogP contribution >= 0.6 is 0 Å². The minimum atomic E-state index is -0.437. The van der Waals surface area contributed by atoms with Gasteiger partial charge < -0.3 is 18.8 Å². The summed E-state index contributed by atoms with van der Waals surface area (Å²) < 4.78 is 14.1. The lowest BCUT2D eigenvalue weighted by molar-refractivity contribution is 0.00578. The van der Waals surface area contributed by atoms with E-state index in [0.29, 0.717) is 12.5 Å². The Morgan fingerprint density at radius 2 is 1.71 bits per heavy atom. The Bertz CT molecular complexity index is 729. The van der Waals surface area contributed by atoms with Crippen LogP contribution in [0.1, 0.15) is 33.5 Å². The molecular formula is C15H21BN6O2. The number of hydrogen-bond donors (Lipinski definition) is 0. The van der Waals surface area contributed by atoms with E-state index in [9.17, 15) is 0 Å². The fourth-order valence-electron chi connectivity index (χ4n) is 2.83. The lowest BCUT2D eigenvalue weighted by Crippen LogP contribution is -2.41. The summed E-state index contributed by atoms with van der Waals surface area (Å²) >= 11 is 0. The molecule has 9 heteroatoms. The van der Waals surface area contributed by atoms with Crippen molar-refractivity contribution in [1.82, 2.24) is 24.7 Å². The van der Waals surface area contributed by atoms with Gasteiger partial charge in [-0.3, -0.25) is 0 Å². The third kappa shape index (κ3) is 2.48. The first-order valence-electron chi connectivity index (χ1n) is 8.15. The van der Waals surface area contributed by atoms with Crippen LogP contribution in [0.4, 0.5) is 5.95 Å². The van der Waals surface area contributed by atoms with Crippen LogP contribution in [0.5, 0.6) is 0 Å². The summed E-state index contributed by atoms with van der Waals surface area (Å²) in [6.45, 7) is 10.5. The Labute approximate surface area is 141 Å². The van der Waals surface area contributed by atoms with E-state index >= 15 is 0 Å². The summed E-state index contributed by atoms with van der Waals surface area (Å²) in [5.41, 5.74) is 0.0955. The zero-order valence-electron chi connectivity index (χ0n) is 14.4. The van der Waals surface area contributed by atoms with Crippen molar-refractivity contribution >= 4 is 18.5 Å². The topological polar surface area (TPSA) is 78.2 Å². The molecule has 2 aliphatic heterocycles. The molecule has 2 aromatic rings. The molecule has 0 aliphatic carbocycles. The largest absolute Gasteiger partial charge is 0.498 e. The number of hydrogen-bond acceptors (Lipinski definition) is 7. The highest BCUT2D eigenvalue weighted by atomic mass is 16.7. The fourth-order valence-corrected chi connectivity index (χ4v) is 2.83. The first kappa shape index (κ1) is 15.5. The quantitative estimate of drug-likeness (QED) is 0.738. The van der Waals surface area contributed by atoms with Gasteiger partial charge in [-0.25, -0.2) is 9.97 Å². The Balaban J connectivity index is 1.50. The summed E-state index contributed by atoms with van der Waals surface area (Å²) in [7, 11) is -0.437. The minimum Gasteiger partial charge on any atom is -0.399 e. The van der Waals surface area contributed by atoms with Crippen molar-refractivity contribution in [2.75, 3.05) is 11.4 Å². The average molecular weight is 328 g/mol. The van der Waals surface area contributed by atoms with Gasteiger partial charge in [0.15, 0.2) is 5.82 Å². The molecule has 4 rings (SSSR count). The summed E-state index contributed by atoms with van der Waals surface area (Å²) in [4.78, 5) is 11.1. The Morgan fingerprint density at radius 1 is 1.04 bits per heavy atom. The van der Waals surface area contributed by atoms with E-state index < -0.39 is 7.12 Å². The van der Waals surface area contributed by atoms with Gasteiger partial charge in [-0.2, -0.15) is 0 Å². The predicted molar refractivity (Wildman–Crippen MR) is 88.8 cm³/mol. The van der Waals surface area contributed by atoms with Crippen LogP contribution in [0.25, 0.3) is 0 Å². The molecule has 0 bridgehead atoms. The molecule has 0 aromatic carbocycles. The highest BCUT2D eigenvalue weighted by molar-refractivity contribution is 6.61. The van der Waals surface area contributed by atoms with E-state index in [1.54, 1.807) is 18.7 Å². The van der Waals surface area contributed by atoms with Gasteiger partial charge in [0.25, 0.3) is 0 Å². The number of anilines is 1. The van der Waals surface area contributed by atoms with E-state index in [1.807, 2.05) is 27.7 Å². The molecule has 1 fully saturated rings. The highest BCUT2D eigenvalue weighted by Gasteiger charge is 2.52. The van der Waals surface area contributed by atoms with Crippen molar-refractivity contribution in [1.29, 1.82) is 0 Å². The van der Waals surface area contributed by atoms with Crippen LogP contribution in [0, 0.1) is 0 Å². The van der Waals surface area contributed by atoms with Crippen LogP contribution in [-0.2, 0) is 22.4 Å². The second-order valence-corrected chi connectivity index (χ2v) is 7.27. The third-order valence-electron chi connectivity index (χ3n) is 5.11.